The van der Waals surface area contributed by atoms with E-state index in [9.17, 15) is 4.79 Å². The van der Waals surface area contributed by atoms with E-state index in [0.717, 1.165) is 11.1 Å². The molecule has 0 aliphatic heterocycles. The first-order valence-corrected chi connectivity index (χ1v) is 9.08. The van der Waals surface area contributed by atoms with Gasteiger partial charge in [0.2, 0.25) is 5.91 Å². The van der Waals surface area contributed by atoms with Gasteiger partial charge in [-0.3, -0.25) is 4.79 Å². The second-order valence-electron chi connectivity index (χ2n) is 5.93. The monoisotopic (exact) mass is 355 g/mol. The number of aromatic nitrogens is 1. The fourth-order valence-corrected chi connectivity index (χ4v) is 3.24. The zero-order valence-corrected chi connectivity index (χ0v) is 15.1. The fraction of sp³-hybridized carbons (Fsp3) is 0.263. The van der Waals surface area contributed by atoms with Crippen molar-refractivity contribution in [1.82, 2.24) is 15.2 Å². The second kappa shape index (κ2) is 8.18. The van der Waals surface area contributed by atoms with Gasteiger partial charge >= 0.3 is 0 Å². The number of likely N-dealkylation sites (N-methyl/N-ethyl adjacent to an activating group) is 1. The van der Waals surface area contributed by atoms with Gasteiger partial charge in [-0.25, -0.2) is 4.98 Å². The van der Waals surface area contributed by atoms with Crippen LogP contribution in [0.5, 0.6) is 0 Å². The molecule has 1 heterocycles. The maximum absolute atomic E-state index is 12.2. The first-order valence-electron chi connectivity index (χ1n) is 8.10. The molecule has 0 spiro atoms. The van der Waals surface area contributed by atoms with E-state index >= 15 is 0 Å². The number of para-hydroxylation sites is 2. The predicted molar refractivity (Wildman–Crippen MR) is 101 cm³/mol. The molecule has 130 valence electrons. The average molecular weight is 355 g/mol. The number of thioether (sulfide) groups is 1. The molecule has 1 atom stereocenters. The Labute approximate surface area is 151 Å². The normalized spacial score (nSPS) is 12.4. The highest BCUT2D eigenvalue weighted by molar-refractivity contribution is 7.99. The fourth-order valence-electron chi connectivity index (χ4n) is 2.58. The molecule has 5 nitrogen and oxygen atoms in total. The summed E-state index contributed by atoms with van der Waals surface area (Å²) in [5.74, 6) is 0.247. The van der Waals surface area contributed by atoms with E-state index in [2.05, 4.69) is 27.3 Å². The van der Waals surface area contributed by atoms with Crippen LogP contribution in [0.15, 0.2) is 64.2 Å². The quantitative estimate of drug-likeness (QED) is 0.659. The highest BCUT2D eigenvalue weighted by Crippen LogP contribution is 2.23. The van der Waals surface area contributed by atoms with Gasteiger partial charge in [0, 0.05) is 6.54 Å². The van der Waals surface area contributed by atoms with Gasteiger partial charge in [0.1, 0.15) is 5.52 Å². The number of nitrogens with one attached hydrogen (secondary N) is 1. The Balaban J connectivity index is 1.53. The van der Waals surface area contributed by atoms with Crippen LogP contribution < -0.4 is 5.32 Å². The third kappa shape index (κ3) is 4.61. The Bertz CT molecular complexity index is 800. The van der Waals surface area contributed by atoms with Gasteiger partial charge in [0.15, 0.2) is 5.58 Å². The molecule has 0 fully saturated rings. The van der Waals surface area contributed by atoms with Crippen molar-refractivity contribution in [2.75, 3.05) is 26.4 Å². The van der Waals surface area contributed by atoms with E-state index in [4.69, 9.17) is 4.42 Å². The number of carbonyl (C=O) groups excluding carboxylic acids is 1. The van der Waals surface area contributed by atoms with Crippen molar-refractivity contribution in [2.24, 2.45) is 0 Å². The third-order valence-corrected chi connectivity index (χ3v) is 4.73. The number of benzene rings is 2. The maximum atomic E-state index is 12.2. The summed E-state index contributed by atoms with van der Waals surface area (Å²) in [7, 11) is 4.02. The van der Waals surface area contributed by atoms with Crippen molar-refractivity contribution in [3.8, 4) is 0 Å². The van der Waals surface area contributed by atoms with Crippen LogP contribution in [-0.4, -0.2) is 42.2 Å². The van der Waals surface area contributed by atoms with E-state index in [-0.39, 0.29) is 17.7 Å². The van der Waals surface area contributed by atoms with E-state index in [1.165, 1.54) is 17.3 Å². The minimum absolute atomic E-state index is 0.0324. The number of hydrogen-bond acceptors (Lipinski definition) is 5. The summed E-state index contributed by atoms with van der Waals surface area (Å²) in [4.78, 5) is 18.6. The molecule has 3 aromatic rings. The van der Waals surface area contributed by atoms with Crippen LogP contribution in [0.4, 0.5) is 0 Å². The van der Waals surface area contributed by atoms with Crippen LogP contribution in [0.2, 0.25) is 0 Å². The standard InChI is InChI=1S/C19H21N3O2S/c1-22(2)16(14-8-4-3-5-9-14)12-20-18(23)13-25-19-21-15-10-6-7-11-17(15)24-19/h3-11,16H,12-13H2,1-2H3,(H,20,23)/t16-/m1/s1. The lowest BCUT2D eigenvalue weighted by molar-refractivity contribution is -0.118. The third-order valence-electron chi connectivity index (χ3n) is 3.90. The molecule has 0 saturated carbocycles. The second-order valence-corrected chi connectivity index (χ2v) is 6.86. The van der Waals surface area contributed by atoms with Gasteiger partial charge in [-0.05, 0) is 31.8 Å². The molecule has 25 heavy (non-hydrogen) atoms. The molecule has 0 unspecified atom stereocenters. The number of nitrogens with zero attached hydrogens (tertiary/aromatic N) is 2. The summed E-state index contributed by atoms with van der Waals surface area (Å²) < 4.78 is 5.62. The molecule has 0 aliphatic rings. The molecular formula is C19H21N3O2S. The molecule has 0 radical (unpaired) electrons. The van der Waals surface area contributed by atoms with E-state index in [0.29, 0.717) is 11.8 Å². The number of carbonyl (C=O) groups is 1. The predicted octanol–water partition coefficient (Wildman–Crippen LogP) is 3.34. The van der Waals surface area contributed by atoms with Gasteiger partial charge in [0.05, 0.1) is 11.8 Å². The van der Waals surface area contributed by atoms with Crippen LogP contribution in [-0.2, 0) is 4.79 Å². The molecule has 0 saturated heterocycles. The Morgan fingerprint density at radius 1 is 1.16 bits per heavy atom. The minimum Gasteiger partial charge on any atom is -0.431 e. The van der Waals surface area contributed by atoms with Crippen LogP contribution in [0.3, 0.4) is 0 Å². The number of hydrogen-bond donors (Lipinski definition) is 1. The first kappa shape index (κ1) is 17.5. The zero-order chi connectivity index (χ0) is 17.6. The van der Waals surface area contributed by atoms with Gasteiger partial charge in [-0.2, -0.15) is 0 Å². The Hall–Kier alpha value is -2.31. The summed E-state index contributed by atoms with van der Waals surface area (Å²) in [5, 5.41) is 3.51. The number of fused-ring (bicyclic) bond motifs is 1. The van der Waals surface area contributed by atoms with Gasteiger partial charge in [-0.15, -0.1) is 0 Å². The molecular weight excluding hydrogens is 334 g/mol. The number of oxazole rings is 1. The van der Waals surface area contributed by atoms with Crippen molar-refractivity contribution < 1.29 is 9.21 Å². The maximum Gasteiger partial charge on any atom is 0.257 e. The number of amides is 1. The van der Waals surface area contributed by atoms with Gasteiger partial charge in [-0.1, -0.05) is 54.2 Å². The smallest absolute Gasteiger partial charge is 0.257 e. The molecule has 2 aromatic carbocycles. The summed E-state index contributed by atoms with van der Waals surface area (Å²) in [6, 6.07) is 17.9. The Morgan fingerprint density at radius 2 is 1.88 bits per heavy atom. The zero-order valence-electron chi connectivity index (χ0n) is 14.3. The molecule has 1 amide bonds. The van der Waals surface area contributed by atoms with Crippen molar-refractivity contribution >= 4 is 28.8 Å². The largest absolute Gasteiger partial charge is 0.431 e. The Morgan fingerprint density at radius 3 is 2.60 bits per heavy atom. The van der Waals surface area contributed by atoms with E-state index < -0.39 is 0 Å². The van der Waals surface area contributed by atoms with Crippen molar-refractivity contribution in [3.63, 3.8) is 0 Å². The van der Waals surface area contributed by atoms with Crippen molar-refractivity contribution in [2.45, 2.75) is 11.3 Å². The minimum atomic E-state index is -0.0324. The summed E-state index contributed by atoms with van der Waals surface area (Å²) in [6.45, 7) is 0.559. The first-order chi connectivity index (χ1) is 12.1. The molecule has 6 heteroatoms. The summed E-state index contributed by atoms with van der Waals surface area (Å²) >= 11 is 1.31. The highest BCUT2D eigenvalue weighted by Gasteiger charge is 2.15. The molecule has 0 bridgehead atoms. The topological polar surface area (TPSA) is 58.4 Å². The van der Waals surface area contributed by atoms with E-state index in [1.807, 2.05) is 56.6 Å². The lowest BCUT2D eigenvalue weighted by Crippen LogP contribution is -2.35. The van der Waals surface area contributed by atoms with Crippen LogP contribution >= 0.6 is 11.8 Å². The summed E-state index contributed by atoms with van der Waals surface area (Å²) in [6.07, 6.45) is 0. The molecule has 1 aromatic heterocycles. The average Bonchev–Trinajstić information content (AvgIpc) is 3.04. The summed E-state index contributed by atoms with van der Waals surface area (Å²) in [5.41, 5.74) is 2.73. The van der Waals surface area contributed by atoms with Crippen molar-refractivity contribution in [3.05, 3.63) is 60.2 Å². The lowest BCUT2D eigenvalue weighted by Gasteiger charge is -2.25. The van der Waals surface area contributed by atoms with Crippen molar-refractivity contribution in [1.29, 1.82) is 0 Å². The van der Waals surface area contributed by atoms with Crippen LogP contribution in [0.1, 0.15) is 11.6 Å². The van der Waals surface area contributed by atoms with Crippen LogP contribution in [0, 0.1) is 0 Å². The van der Waals surface area contributed by atoms with E-state index in [1.54, 1.807) is 0 Å². The lowest BCUT2D eigenvalue weighted by atomic mass is 10.1. The molecule has 1 N–H and O–H groups in total. The van der Waals surface area contributed by atoms with Gasteiger partial charge < -0.3 is 14.6 Å². The van der Waals surface area contributed by atoms with Crippen LogP contribution in [0.25, 0.3) is 11.1 Å². The van der Waals surface area contributed by atoms with Gasteiger partial charge in [0.25, 0.3) is 5.22 Å². The highest BCUT2D eigenvalue weighted by atomic mass is 32.2. The SMILES string of the molecule is CN(C)[C@H](CNC(=O)CSc1nc2ccccc2o1)c1ccccc1. The molecule has 3 rings (SSSR count). The Kier molecular flexibility index (Phi) is 5.73. The molecule has 0 aliphatic carbocycles. The number of rotatable bonds is 7.